The van der Waals surface area contributed by atoms with Crippen LogP contribution < -0.4 is 5.19 Å². The number of aromatic carboxylic acids is 1. The fourth-order valence-electron chi connectivity index (χ4n) is 2.20. The molecule has 0 radical (unpaired) electrons. The van der Waals surface area contributed by atoms with Crippen molar-refractivity contribution in [2.24, 2.45) is 0 Å². The van der Waals surface area contributed by atoms with E-state index in [1.54, 1.807) is 12.1 Å². The fraction of sp³-hybridized carbons (Fsp3) is 0.533. The first-order chi connectivity index (χ1) is 8.47. The Morgan fingerprint density at radius 2 is 1.72 bits per heavy atom. The van der Waals surface area contributed by atoms with Crippen LogP contribution in [0, 0.1) is 0 Å². The maximum absolute atomic E-state index is 10.8. The van der Waals surface area contributed by atoms with Crippen molar-refractivity contribution in [3.63, 3.8) is 0 Å². The van der Waals surface area contributed by atoms with E-state index in [-0.39, 0.29) is 0 Å². The van der Waals surface area contributed by atoms with Crippen LogP contribution in [-0.2, 0) is 0 Å². The summed E-state index contributed by atoms with van der Waals surface area (Å²) in [4.78, 5) is 10.8. The molecule has 0 atom stereocenters. The van der Waals surface area contributed by atoms with Crippen LogP contribution in [0.1, 0.15) is 43.0 Å². The smallest absolute Gasteiger partial charge is 0.335 e. The highest BCUT2D eigenvalue weighted by Crippen LogP contribution is 2.16. The van der Waals surface area contributed by atoms with Crippen LogP contribution in [0.3, 0.4) is 0 Å². The van der Waals surface area contributed by atoms with Gasteiger partial charge in [-0.15, -0.1) is 0 Å². The minimum atomic E-state index is -1.38. The Morgan fingerprint density at radius 3 is 2.22 bits per heavy atom. The van der Waals surface area contributed by atoms with E-state index in [2.05, 4.69) is 20.0 Å². The first-order valence-corrected chi connectivity index (χ1v) is 10.0. The third-order valence-corrected chi connectivity index (χ3v) is 7.07. The van der Waals surface area contributed by atoms with Gasteiger partial charge in [-0.2, -0.15) is 0 Å². The molecule has 0 saturated carbocycles. The molecule has 0 bridgehead atoms. The van der Waals surface area contributed by atoms with Crippen LogP contribution in [0.2, 0.25) is 19.1 Å². The maximum Gasteiger partial charge on any atom is 0.335 e. The molecule has 0 fully saturated rings. The minimum absolute atomic E-state index is 0.384. The van der Waals surface area contributed by atoms with E-state index in [9.17, 15) is 4.79 Å². The molecule has 1 N–H and O–H groups in total. The van der Waals surface area contributed by atoms with E-state index in [0.29, 0.717) is 5.56 Å². The van der Waals surface area contributed by atoms with Gasteiger partial charge in [0.05, 0.1) is 13.6 Å². The van der Waals surface area contributed by atoms with Crippen molar-refractivity contribution >= 4 is 19.2 Å². The lowest BCUT2D eigenvalue weighted by atomic mass is 10.2. The molecule has 1 aromatic carbocycles. The summed E-state index contributed by atoms with van der Waals surface area (Å²) in [5.41, 5.74) is 0.384. The predicted octanol–water partition coefficient (Wildman–Crippen LogP) is 3.88. The summed E-state index contributed by atoms with van der Waals surface area (Å²) >= 11 is 0. The third-order valence-electron chi connectivity index (χ3n) is 3.57. The summed E-state index contributed by atoms with van der Waals surface area (Å²) in [5, 5.41) is 10.3. The van der Waals surface area contributed by atoms with Crippen LogP contribution in [0.4, 0.5) is 0 Å². The molecule has 2 nitrogen and oxygen atoms in total. The largest absolute Gasteiger partial charge is 0.478 e. The van der Waals surface area contributed by atoms with Gasteiger partial charge in [-0.25, -0.2) is 4.79 Å². The second-order valence-electron chi connectivity index (χ2n) is 5.58. The van der Waals surface area contributed by atoms with Gasteiger partial charge >= 0.3 is 5.97 Å². The third kappa shape index (κ3) is 4.30. The summed E-state index contributed by atoms with van der Waals surface area (Å²) in [6.07, 6.45) is 5.21. The number of hydrogen-bond donors (Lipinski definition) is 1. The number of benzene rings is 1. The quantitative estimate of drug-likeness (QED) is 0.599. The molecule has 0 aromatic heterocycles. The highest BCUT2D eigenvalue weighted by Gasteiger charge is 2.22. The van der Waals surface area contributed by atoms with Crippen molar-refractivity contribution in [3.8, 4) is 0 Å². The summed E-state index contributed by atoms with van der Waals surface area (Å²) in [7, 11) is -1.38. The van der Waals surface area contributed by atoms with Gasteiger partial charge in [0.15, 0.2) is 0 Å². The molecule has 0 spiro atoms. The molecular formula is C15H24O2Si. The van der Waals surface area contributed by atoms with Gasteiger partial charge in [-0.05, 0) is 12.1 Å². The number of hydrogen-bond acceptors (Lipinski definition) is 1. The standard InChI is InChI=1S/C15H24O2Si/c1-4-5-6-7-12-18(2,3)14-10-8-13(9-11-14)15(16)17/h8-11H,4-7,12H2,1-3H3,(H,16,17). The Morgan fingerprint density at radius 1 is 1.11 bits per heavy atom. The van der Waals surface area contributed by atoms with Crippen molar-refractivity contribution in [3.05, 3.63) is 29.8 Å². The molecule has 0 heterocycles. The van der Waals surface area contributed by atoms with Gasteiger partial charge in [0.25, 0.3) is 0 Å². The summed E-state index contributed by atoms with van der Waals surface area (Å²) in [5.74, 6) is -0.844. The Balaban J connectivity index is 2.63. The Labute approximate surface area is 111 Å². The molecule has 0 unspecified atom stereocenters. The summed E-state index contributed by atoms with van der Waals surface area (Å²) in [6, 6.07) is 8.78. The van der Waals surface area contributed by atoms with Crippen LogP contribution in [0.15, 0.2) is 24.3 Å². The second kappa shape index (κ2) is 6.74. The number of rotatable bonds is 7. The Kier molecular flexibility index (Phi) is 5.60. The number of carboxylic acid groups (broad SMARTS) is 1. The molecule has 1 aromatic rings. The van der Waals surface area contributed by atoms with Gasteiger partial charge < -0.3 is 5.11 Å². The zero-order chi connectivity index (χ0) is 13.6. The maximum atomic E-state index is 10.8. The number of unbranched alkanes of at least 4 members (excludes halogenated alkanes) is 3. The van der Waals surface area contributed by atoms with Gasteiger partial charge in [0, 0.05) is 0 Å². The molecule has 0 amide bonds. The van der Waals surface area contributed by atoms with E-state index >= 15 is 0 Å². The van der Waals surface area contributed by atoms with Gasteiger partial charge in [0.1, 0.15) is 0 Å². The lowest BCUT2D eigenvalue weighted by Crippen LogP contribution is -2.41. The lowest BCUT2D eigenvalue weighted by Gasteiger charge is -2.23. The zero-order valence-corrected chi connectivity index (χ0v) is 12.7. The fourth-order valence-corrected chi connectivity index (χ4v) is 4.69. The van der Waals surface area contributed by atoms with E-state index in [4.69, 9.17) is 5.11 Å². The van der Waals surface area contributed by atoms with Crippen molar-refractivity contribution < 1.29 is 9.90 Å². The van der Waals surface area contributed by atoms with Gasteiger partial charge in [-0.1, -0.05) is 69.1 Å². The van der Waals surface area contributed by atoms with Gasteiger partial charge in [0.2, 0.25) is 0 Å². The molecule has 100 valence electrons. The molecule has 0 aliphatic carbocycles. The average molecular weight is 264 g/mol. The van der Waals surface area contributed by atoms with E-state index < -0.39 is 14.0 Å². The van der Waals surface area contributed by atoms with Crippen molar-refractivity contribution in [1.29, 1.82) is 0 Å². The van der Waals surface area contributed by atoms with E-state index in [0.717, 1.165) is 0 Å². The topological polar surface area (TPSA) is 37.3 Å². The molecule has 18 heavy (non-hydrogen) atoms. The molecule has 3 heteroatoms. The Hall–Kier alpha value is -1.09. The van der Waals surface area contributed by atoms with Crippen molar-refractivity contribution in [2.45, 2.75) is 51.7 Å². The van der Waals surface area contributed by atoms with Gasteiger partial charge in [-0.3, -0.25) is 0 Å². The highest BCUT2D eigenvalue weighted by atomic mass is 28.3. The van der Waals surface area contributed by atoms with Crippen molar-refractivity contribution in [2.75, 3.05) is 0 Å². The minimum Gasteiger partial charge on any atom is -0.478 e. The second-order valence-corrected chi connectivity index (χ2v) is 10.4. The summed E-state index contributed by atoms with van der Waals surface area (Å²) in [6.45, 7) is 6.97. The van der Waals surface area contributed by atoms with Crippen LogP contribution in [-0.4, -0.2) is 19.1 Å². The number of carboxylic acids is 1. The zero-order valence-electron chi connectivity index (χ0n) is 11.7. The molecule has 1 rings (SSSR count). The molecule has 0 aliphatic rings. The monoisotopic (exact) mass is 264 g/mol. The van der Waals surface area contributed by atoms with Crippen LogP contribution in [0.25, 0.3) is 0 Å². The van der Waals surface area contributed by atoms with Crippen molar-refractivity contribution in [1.82, 2.24) is 0 Å². The Bertz CT molecular complexity index is 382. The normalized spacial score (nSPS) is 11.5. The first kappa shape index (κ1) is 15.0. The molecule has 0 aliphatic heterocycles. The first-order valence-electron chi connectivity index (χ1n) is 6.81. The van der Waals surface area contributed by atoms with E-state index in [1.165, 1.54) is 36.9 Å². The van der Waals surface area contributed by atoms with Crippen LogP contribution in [0.5, 0.6) is 0 Å². The lowest BCUT2D eigenvalue weighted by molar-refractivity contribution is 0.0697. The predicted molar refractivity (Wildman–Crippen MR) is 79.5 cm³/mol. The highest BCUT2D eigenvalue weighted by molar-refractivity contribution is 6.89. The summed E-state index contributed by atoms with van der Waals surface area (Å²) < 4.78 is 0. The van der Waals surface area contributed by atoms with Crippen LogP contribution >= 0.6 is 0 Å². The molecular weight excluding hydrogens is 240 g/mol. The van der Waals surface area contributed by atoms with E-state index in [1.807, 2.05) is 12.1 Å². The molecule has 0 saturated heterocycles. The number of carbonyl (C=O) groups is 1. The average Bonchev–Trinajstić information content (AvgIpc) is 2.35. The SMILES string of the molecule is CCCCCC[Si](C)(C)c1ccc(C(=O)O)cc1.